The van der Waals surface area contributed by atoms with Crippen LogP contribution in [0.15, 0.2) is 40.2 Å². The Hall–Kier alpha value is -3.31. The Balaban J connectivity index is 1.55. The predicted octanol–water partition coefficient (Wildman–Crippen LogP) is 5.36. The number of alkyl halides is 2. The fourth-order valence-electron chi connectivity index (χ4n) is 4.93. The maximum Gasteiger partial charge on any atom is 0.277 e. The van der Waals surface area contributed by atoms with Crippen LogP contribution in [0.1, 0.15) is 59.5 Å². The number of nitrogens with zero attached hydrogens (tertiary/aromatic N) is 4. The lowest BCUT2D eigenvalue weighted by Gasteiger charge is -2.24. The van der Waals surface area contributed by atoms with Crippen LogP contribution in [0, 0.1) is 13.8 Å². The van der Waals surface area contributed by atoms with E-state index >= 15 is 0 Å². The average molecular weight is 542 g/mol. The molecule has 1 aromatic carbocycles. The molecule has 38 heavy (non-hydrogen) atoms. The van der Waals surface area contributed by atoms with Crippen LogP contribution in [-0.4, -0.2) is 48.4 Å². The van der Waals surface area contributed by atoms with Crippen molar-refractivity contribution in [1.29, 1.82) is 0 Å². The Morgan fingerprint density at radius 2 is 1.84 bits per heavy atom. The summed E-state index contributed by atoms with van der Waals surface area (Å²) in [6.07, 6.45) is 1.38. The molecule has 1 atom stereocenters. The molecule has 0 unspecified atom stereocenters. The number of aliphatic imine (C=N–C) groups is 1. The largest absolute Gasteiger partial charge is 0.374 e. The van der Waals surface area contributed by atoms with E-state index in [1.165, 1.54) is 0 Å². The second kappa shape index (κ2) is 10.5. The van der Waals surface area contributed by atoms with Crippen molar-refractivity contribution in [3.63, 3.8) is 0 Å². The highest BCUT2D eigenvalue weighted by Crippen LogP contribution is 2.39. The zero-order chi connectivity index (χ0) is 27.0. The zero-order valence-electron chi connectivity index (χ0n) is 21.5. The van der Waals surface area contributed by atoms with E-state index in [2.05, 4.69) is 25.3 Å². The summed E-state index contributed by atoms with van der Waals surface area (Å²) in [5, 5.41) is 3.17. The number of aromatic nitrogens is 3. The molecular formula is C27H29F2N5O3S. The summed E-state index contributed by atoms with van der Waals surface area (Å²) < 4.78 is 58.5. The molecular weight excluding hydrogens is 512 g/mol. The standard InChI is InChI=1S/C27H29F2N5O3S/c1-15-10-18(31-16(2)30-15)12-19-13-21(26-22(32-19)14-23(34-26)27(28)29)33-20-8-7-17(11-25(20)38(3,35)36)24-6-4-5-9-37-24/h7-8,10-11,13,24,27H,4-6,9,12,14H2,1-3H3,(H,32,33)/t24-/m0/s1. The molecule has 0 amide bonds. The highest BCUT2D eigenvalue weighted by Gasteiger charge is 2.27. The number of hydrogen-bond acceptors (Lipinski definition) is 8. The van der Waals surface area contributed by atoms with Gasteiger partial charge in [0.25, 0.3) is 6.43 Å². The second-order valence-electron chi connectivity index (χ2n) is 9.77. The number of benzene rings is 1. The zero-order valence-corrected chi connectivity index (χ0v) is 22.3. The van der Waals surface area contributed by atoms with Gasteiger partial charge in [0.15, 0.2) is 9.84 Å². The second-order valence-corrected chi connectivity index (χ2v) is 11.8. The normalized spacial score (nSPS) is 17.4. The molecule has 200 valence electrons. The molecule has 11 heteroatoms. The highest BCUT2D eigenvalue weighted by molar-refractivity contribution is 7.90. The maximum atomic E-state index is 13.6. The predicted molar refractivity (Wildman–Crippen MR) is 141 cm³/mol. The van der Waals surface area contributed by atoms with E-state index in [-0.39, 0.29) is 23.1 Å². The number of rotatable bonds is 7. The van der Waals surface area contributed by atoms with Crippen molar-refractivity contribution < 1.29 is 21.9 Å². The van der Waals surface area contributed by atoms with E-state index < -0.39 is 16.3 Å². The van der Waals surface area contributed by atoms with E-state index in [0.29, 0.717) is 47.3 Å². The molecule has 1 saturated heterocycles. The first-order valence-corrected chi connectivity index (χ1v) is 14.4. The Morgan fingerprint density at radius 3 is 2.53 bits per heavy atom. The van der Waals surface area contributed by atoms with Gasteiger partial charge in [0.05, 0.1) is 39.5 Å². The van der Waals surface area contributed by atoms with E-state index in [1.807, 2.05) is 19.1 Å². The first-order valence-electron chi connectivity index (χ1n) is 12.5. The van der Waals surface area contributed by atoms with Crippen molar-refractivity contribution in [2.75, 3.05) is 18.2 Å². The van der Waals surface area contributed by atoms with Crippen LogP contribution < -0.4 is 5.32 Å². The Kier molecular flexibility index (Phi) is 7.23. The summed E-state index contributed by atoms with van der Waals surface area (Å²) in [7, 11) is -3.63. The van der Waals surface area contributed by atoms with Gasteiger partial charge in [-0.25, -0.2) is 32.2 Å². The minimum atomic E-state index is -3.63. The summed E-state index contributed by atoms with van der Waals surface area (Å²) in [5.74, 6) is 0.627. The van der Waals surface area contributed by atoms with Gasteiger partial charge in [-0.1, -0.05) is 6.07 Å². The van der Waals surface area contributed by atoms with Crippen LogP contribution >= 0.6 is 0 Å². The molecule has 0 saturated carbocycles. The highest BCUT2D eigenvalue weighted by atomic mass is 32.2. The third kappa shape index (κ3) is 5.73. The molecule has 0 bridgehead atoms. The molecule has 0 aliphatic carbocycles. The fraction of sp³-hybridized carbons (Fsp3) is 0.407. The van der Waals surface area contributed by atoms with Crippen LogP contribution in [0.3, 0.4) is 0 Å². The maximum absolute atomic E-state index is 13.6. The molecule has 8 nitrogen and oxygen atoms in total. The van der Waals surface area contributed by atoms with Crippen molar-refractivity contribution in [3.05, 3.63) is 64.5 Å². The van der Waals surface area contributed by atoms with Crippen molar-refractivity contribution >= 4 is 32.6 Å². The van der Waals surface area contributed by atoms with Crippen molar-refractivity contribution in [2.45, 2.75) is 63.4 Å². The topological polar surface area (TPSA) is 106 Å². The van der Waals surface area contributed by atoms with Crippen LogP contribution in [0.2, 0.25) is 0 Å². The number of anilines is 2. The number of hydrogen-bond donors (Lipinski definition) is 1. The Bertz CT molecular complexity index is 1500. The summed E-state index contributed by atoms with van der Waals surface area (Å²) in [5.41, 5.74) is 4.14. The Labute approximate surface area is 220 Å². The number of ether oxygens (including phenoxy) is 1. The van der Waals surface area contributed by atoms with Crippen molar-refractivity contribution in [3.8, 4) is 0 Å². The number of nitrogens with one attached hydrogen (secondary N) is 1. The van der Waals surface area contributed by atoms with Crippen molar-refractivity contribution in [2.24, 2.45) is 4.99 Å². The van der Waals surface area contributed by atoms with Crippen LogP contribution in [0.5, 0.6) is 0 Å². The summed E-state index contributed by atoms with van der Waals surface area (Å²) in [6, 6.07) is 8.74. The molecule has 4 heterocycles. The summed E-state index contributed by atoms with van der Waals surface area (Å²) >= 11 is 0. The number of sulfone groups is 1. The van der Waals surface area contributed by atoms with Gasteiger partial charge in [-0.15, -0.1) is 0 Å². The van der Waals surface area contributed by atoms with Gasteiger partial charge in [-0.2, -0.15) is 0 Å². The van der Waals surface area contributed by atoms with Gasteiger partial charge >= 0.3 is 0 Å². The van der Waals surface area contributed by atoms with Gasteiger partial charge in [0.1, 0.15) is 11.5 Å². The van der Waals surface area contributed by atoms with Crippen LogP contribution in [0.4, 0.5) is 25.8 Å². The monoisotopic (exact) mass is 541 g/mol. The minimum absolute atomic E-state index is 0.0752. The smallest absolute Gasteiger partial charge is 0.277 e. The molecule has 0 radical (unpaired) electrons. The summed E-state index contributed by atoms with van der Waals surface area (Å²) in [4.78, 5) is 17.6. The molecule has 2 aromatic heterocycles. The van der Waals surface area contributed by atoms with Crippen LogP contribution in [0.25, 0.3) is 0 Å². The third-order valence-electron chi connectivity index (χ3n) is 6.58. The van der Waals surface area contributed by atoms with Gasteiger partial charge in [-0.05, 0) is 62.9 Å². The van der Waals surface area contributed by atoms with Gasteiger partial charge in [0, 0.05) is 37.1 Å². The lowest BCUT2D eigenvalue weighted by atomic mass is 10.0. The van der Waals surface area contributed by atoms with E-state index in [9.17, 15) is 17.2 Å². The number of fused-ring (bicyclic) bond motifs is 1. The lowest BCUT2D eigenvalue weighted by Crippen LogP contribution is -2.13. The molecule has 5 rings (SSSR count). The lowest BCUT2D eigenvalue weighted by molar-refractivity contribution is 0.0148. The minimum Gasteiger partial charge on any atom is -0.374 e. The third-order valence-corrected chi connectivity index (χ3v) is 7.72. The number of pyridine rings is 1. The van der Waals surface area contributed by atoms with E-state index in [1.54, 1.807) is 25.1 Å². The van der Waals surface area contributed by atoms with Gasteiger partial charge in [-0.3, -0.25) is 4.98 Å². The molecule has 2 aliphatic heterocycles. The molecule has 1 fully saturated rings. The fourth-order valence-corrected chi connectivity index (χ4v) is 5.80. The SMILES string of the molecule is Cc1cc(Cc2cc(Nc3ccc([C@@H]4CCCCO4)cc3S(C)(=O)=O)c3c(n2)CC(C(F)F)=N3)nc(C)n1. The van der Waals surface area contributed by atoms with E-state index in [4.69, 9.17) is 4.74 Å². The van der Waals surface area contributed by atoms with Gasteiger partial charge in [0.2, 0.25) is 0 Å². The first-order chi connectivity index (χ1) is 18.1. The van der Waals surface area contributed by atoms with Crippen LogP contribution in [-0.2, 0) is 27.4 Å². The number of aryl methyl sites for hydroxylation is 2. The molecule has 2 aliphatic rings. The Morgan fingerprint density at radius 1 is 1.05 bits per heavy atom. The van der Waals surface area contributed by atoms with Gasteiger partial charge < -0.3 is 10.1 Å². The number of halogens is 2. The molecule has 1 N–H and O–H groups in total. The quantitative estimate of drug-likeness (QED) is 0.429. The molecule has 3 aromatic rings. The van der Waals surface area contributed by atoms with E-state index in [0.717, 1.165) is 42.5 Å². The first kappa shape index (κ1) is 26.3. The molecule has 0 spiro atoms. The van der Waals surface area contributed by atoms with Crippen molar-refractivity contribution in [1.82, 2.24) is 15.0 Å². The average Bonchev–Trinajstić information content (AvgIpc) is 3.28. The summed E-state index contributed by atoms with van der Waals surface area (Å²) in [6.45, 7) is 4.32.